The zero-order chi connectivity index (χ0) is 12.8. The SMILES string of the molecule is CCCC(NC1CC1)(c1nc(C)c(C)s1)C1CC1. The van der Waals surface area contributed by atoms with Crippen molar-refractivity contribution in [2.75, 3.05) is 0 Å². The summed E-state index contributed by atoms with van der Waals surface area (Å²) in [5, 5.41) is 5.34. The van der Waals surface area contributed by atoms with E-state index in [-0.39, 0.29) is 5.54 Å². The molecule has 1 aromatic heterocycles. The first-order valence-corrected chi connectivity index (χ1v) is 8.19. The Morgan fingerprint density at radius 3 is 2.44 bits per heavy atom. The van der Waals surface area contributed by atoms with Crippen LogP contribution in [-0.2, 0) is 5.54 Å². The molecular formula is C15H24N2S. The zero-order valence-electron chi connectivity index (χ0n) is 11.8. The number of nitrogens with zero attached hydrogens (tertiary/aromatic N) is 1. The predicted octanol–water partition coefficient (Wildman–Crippen LogP) is 3.92. The van der Waals surface area contributed by atoms with E-state index < -0.39 is 0 Å². The Hall–Kier alpha value is -0.410. The maximum Gasteiger partial charge on any atom is 0.114 e. The predicted molar refractivity (Wildman–Crippen MR) is 77.1 cm³/mol. The molecule has 0 spiro atoms. The molecule has 0 radical (unpaired) electrons. The molecule has 18 heavy (non-hydrogen) atoms. The number of thiazole rings is 1. The highest BCUT2D eigenvalue weighted by Crippen LogP contribution is 2.51. The molecule has 1 unspecified atom stereocenters. The maximum atomic E-state index is 4.90. The van der Waals surface area contributed by atoms with Crippen molar-refractivity contribution in [1.29, 1.82) is 0 Å². The first kappa shape index (κ1) is 12.6. The van der Waals surface area contributed by atoms with Gasteiger partial charge in [0.25, 0.3) is 0 Å². The standard InChI is InChI=1S/C15H24N2S/c1-4-9-15(12-5-6-12,17-13-7-8-13)14-16-10(2)11(3)18-14/h12-13,17H,4-9H2,1-3H3. The van der Waals surface area contributed by atoms with Gasteiger partial charge in [-0.2, -0.15) is 0 Å². The normalized spacial score (nSPS) is 23.1. The van der Waals surface area contributed by atoms with E-state index in [1.54, 1.807) is 0 Å². The third-order valence-corrected chi connectivity index (χ3v) is 5.62. The summed E-state index contributed by atoms with van der Waals surface area (Å²) in [5.74, 6) is 0.836. The summed E-state index contributed by atoms with van der Waals surface area (Å²) < 4.78 is 0. The largest absolute Gasteiger partial charge is 0.302 e. The van der Waals surface area contributed by atoms with Gasteiger partial charge in [0.05, 0.1) is 11.2 Å². The highest BCUT2D eigenvalue weighted by molar-refractivity contribution is 7.11. The molecule has 3 rings (SSSR count). The average Bonchev–Trinajstić information content (AvgIpc) is 3.21. The van der Waals surface area contributed by atoms with Crippen molar-refractivity contribution in [1.82, 2.24) is 10.3 Å². The van der Waals surface area contributed by atoms with Crippen LogP contribution in [0.2, 0.25) is 0 Å². The van der Waals surface area contributed by atoms with Crippen LogP contribution in [0.5, 0.6) is 0 Å². The van der Waals surface area contributed by atoms with Gasteiger partial charge in [-0.25, -0.2) is 4.98 Å². The minimum atomic E-state index is 0.208. The van der Waals surface area contributed by atoms with E-state index in [0.29, 0.717) is 0 Å². The summed E-state index contributed by atoms with van der Waals surface area (Å²) >= 11 is 1.93. The molecule has 1 aromatic rings. The van der Waals surface area contributed by atoms with Crippen LogP contribution in [0.15, 0.2) is 0 Å². The molecule has 2 nitrogen and oxygen atoms in total. The van der Waals surface area contributed by atoms with Gasteiger partial charge in [-0.05, 0) is 51.9 Å². The molecule has 1 heterocycles. The van der Waals surface area contributed by atoms with Gasteiger partial charge >= 0.3 is 0 Å². The van der Waals surface area contributed by atoms with E-state index in [4.69, 9.17) is 4.98 Å². The fraction of sp³-hybridized carbons (Fsp3) is 0.800. The molecule has 0 bridgehead atoms. The van der Waals surface area contributed by atoms with Crippen LogP contribution in [0.3, 0.4) is 0 Å². The number of aromatic nitrogens is 1. The van der Waals surface area contributed by atoms with Crippen LogP contribution >= 0.6 is 11.3 Å². The van der Waals surface area contributed by atoms with Gasteiger partial charge in [0, 0.05) is 10.9 Å². The van der Waals surface area contributed by atoms with Crippen molar-refractivity contribution in [2.45, 2.75) is 70.9 Å². The fourth-order valence-electron chi connectivity index (χ4n) is 2.96. The summed E-state index contributed by atoms with van der Waals surface area (Å²) in [6.07, 6.45) is 7.99. The van der Waals surface area contributed by atoms with Gasteiger partial charge in [-0.15, -0.1) is 11.3 Å². The lowest BCUT2D eigenvalue weighted by atomic mass is 9.88. The van der Waals surface area contributed by atoms with Crippen molar-refractivity contribution in [3.63, 3.8) is 0 Å². The van der Waals surface area contributed by atoms with E-state index >= 15 is 0 Å². The van der Waals surface area contributed by atoms with Crippen LogP contribution in [0.4, 0.5) is 0 Å². The van der Waals surface area contributed by atoms with Gasteiger partial charge < -0.3 is 5.32 Å². The Balaban J connectivity index is 1.95. The number of nitrogens with one attached hydrogen (secondary N) is 1. The fourth-order valence-corrected chi connectivity index (χ4v) is 4.14. The number of hydrogen-bond acceptors (Lipinski definition) is 3. The van der Waals surface area contributed by atoms with E-state index in [2.05, 4.69) is 26.1 Å². The number of hydrogen-bond donors (Lipinski definition) is 1. The second-order valence-corrected chi connectivity index (χ2v) is 7.28. The Labute approximate surface area is 114 Å². The lowest BCUT2D eigenvalue weighted by molar-refractivity contribution is 0.258. The highest BCUT2D eigenvalue weighted by atomic mass is 32.1. The molecule has 2 fully saturated rings. The smallest absolute Gasteiger partial charge is 0.114 e. The molecule has 2 saturated carbocycles. The minimum absolute atomic E-state index is 0.208. The van der Waals surface area contributed by atoms with Crippen molar-refractivity contribution in [3.05, 3.63) is 15.6 Å². The Kier molecular flexibility index (Phi) is 3.23. The topological polar surface area (TPSA) is 24.9 Å². The van der Waals surface area contributed by atoms with Crippen molar-refractivity contribution in [3.8, 4) is 0 Å². The summed E-state index contributed by atoms with van der Waals surface area (Å²) in [6, 6.07) is 0.765. The summed E-state index contributed by atoms with van der Waals surface area (Å²) in [6.45, 7) is 6.66. The quantitative estimate of drug-likeness (QED) is 0.842. The van der Waals surface area contributed by atoms with Gasteiger partial charge in [0.2, 0.25) is 0 Å². The first-order valence-electron chi connectivity index (χ1n) is 7.38. The minimum Gasteiger partial charge on any atom is -0.302 e. The van der Waals surface area contributed by atoms with Crippen molar-refractivity contribution in [2.24, 2.45) is 5.92 Å². The Morgan fingerprint density at radius 1 is 1.28 bits per heavy atom. The molecule has 2 aliphatic carbocycles. The van der Waals surface area contributed by atoms with Crippen LogP contribution in [0, 0.1) is 19.8 Å². The van der Waals surface area contributed by atoms with Crippen molar-refractivity contribution >= 4 is 11.3 Å². The molecule has 0 amide bonds. The summed E-state index contributed by atoms with van der Waals surface area (Å²) in [7, 11) is 0. The third-order valence-electron chi connectivity index (χ3n) is 4.37. The van der Waals surface area contributed by atoms with Gasteiger partial charge in [0.15, 0.2) is 0 Å². The second kappa shape index (κ2) is 4.61. The maximum absolute atomic E-state index is 4.90. The molecular weight excluding hydrogens is 240 g/mol. The molecule has 0 saturated heterocycles. The van der Waals surface area contributed by atoms with E-state index in [9.17, 15) is 0 Å². The highest BCUT2D eigenvalue weighted by Gasteiger charge is 2.49. The average molecular weight is 264 g/mol. The Morgan fingerprint density at radius 2 is 2.00 bits per heavy atom. The lowest BCUT2D eigenvalue weighted by Gasteiger charge is -2.33. The lowest BCUT2D eigenvalue weighted by Crippen LogP contribution is -2.45. The molecule has 0 aromatic carbocycles. The second-order valence-electron chi connectivity index (χ2n) is 6.07. The zero-order valence-corrected chi connectivity index (χ0v) is 12.6. The molecule has 3 heteroatoms. The van der Waals surface area contributed by atoms with Gasteiger partial charge in [0.1, 0.15) is 5.01 Å². The third kappa shape index (κ3) is 2.23. The molecule has 0 aliphatic heterocycles. The molecule has 2 aliphatic rings. The first-order chi connectivity index (χ1) is 8.65. The Bertz CT molecular complexity index is 412. The molecule has 1 atom stereocenters. The van der Waals surface area contributed by atoms with Gasteiger partial charge in [-0.3, -0.25) is 0 Å². The number of rotatable bonds is 6. The van der Waals surface area contributed by atoms with Crippen molar-refractivity contribution < 1.29 is 0 Å². The summed E-state index contributed by atoms with van der Waals surface area (Å²) in [5.41, 5.74) is 1.44. The van der Waals surface area contributed by atoms with E-state index in [1.165, 1.54) is 54.1 Å². The van der Waals surface area contributed by atoms with E-state index in [1.807, 2.05) is 11.3 Å². The van der Waals surface area contributed by atoms with Gasteiger partial charge in [-0.1, -0.05) is 13.3 Å². The number of aryl methyl sites for hydroxylation is 2. The monoisotopic (exact) mass is 264 g/mol. The van der Waals surface area contributed by atoms with Crippen LogP contribution in [0.1, 0.15) is 61.0 Å². The van der Waals surface area contributed by atoms with Crippen LogP contribution < -0.4 is 5.32 Å². The molecule has 100 valence electrons. The van der Waals surface area contributed by atoms with Crippen LogP contribution in [-0.4, -0.2) is 11.0 Å². The summed E-state index contributed by atoms with van der Waals surface area (Å²) in [4.78, 5) is 6.29. The molecule has 1 N–H and O–H groups in total. The van der Waals surface area contributed by atoms with Crippen LogP contribution in [0.25, 0.3) is 0 Å². The van der Waals surface area contributed by atoms with E-state index in [0.717, 1.165) is 12.0 Å².